The zero-order valence-corrected chi connectivity index (χ0v) is 15.0. The van der Waals surface area contributed by atoms with Crippen LogP contribution in [0, 0.1) is 0 Å². The summed E-state index contributed by atoms with van der Waals surface area (Å²) in [4.78, 5) is 13.8. The summed E-state index contributed by atoms with van der Waals surface area (Å²) in [5.41, 5.74) is 0. The van der Waals surface area contributed by atoms with Crippen LogP contribution in [0.2, 0.25) is 0 Å². The number of hydrogen-bond donors (Lipinski definition) is 0. The van der Waals surface area contributed by atoms with Crippen LogP contribution >= 0.6 is 0 Å². The molecule has 0 amide bonds. The van der Waals surface area contributed by atoms with Crippen molar-refractivity contribution < 1.29 is 9.05 Å². The molecule has 0 N–H and O–H groups in total. The summed E-state index contributed by atoms with van der Waals surface area (Å²) in [6.07, 6.45) is 4.28. The molecule has 0 bridgehead atoms. The summed E-state index contributed by atoms with van der Waals surface area (Å²) in [6.45, 7) is 8.96. The van der Waals surface area contributed by atoms with Gasteiger partial charge in [0.05, 0.1) is 12.6 Å². The van der Waals surface area contributed by atoms with Gasteiger partial charge in [-0.2, -0.15) is 9.97 Å². The van der Waals surface area contributed by atoms with Crippen molar-refractivity contribution in [3.8, 4) is 0 Å². The third kappa shape index (κ3) is 3.90. The third-order valence-corrected chi connectivity index (χ3v) is 5.10. The van der Waals surface area contributed by atoms with E-state index in [4.69, 9.17) is 9.05 Å². The summed E-state index contributed by atoms with van der Waals surface area (Å²) < 4.78 is 10.8. The minimum atomic E-state index is 0.152. The van der Waals surface area contributed by atoms with Crippen LogP contribution in [0.1, 0.15) is 68.5 Å². The highest BCUT2D eigenvalue weighted by Crippen LogP contribution is 2.38. The Bertz CT molecular complexity index is 695. The second-order valence-electron chi connectivity index (χ2n) is 7.07. The molecule has 3 heterocycles. The molecule has 2 aliphatic rings. The molecule has 0 aromatic carbocycles. The third-order valence-electron chi connectivity index (χ3n) is 5.10. The first-order valence-electron chi connectivity index (χ1n) is 9.34. The molecule has 1 aliphatic heterocycles. The van der Waals surface area contributed by atoms with E-state index in [0.29, 0.717) is 5.92 Å². The van der Waals surface area contributed by atoms with Gasteiger partial charge in [-0.1, -0.05) is 17.2 Å². The molecule has 1 saturated carbocycles. The Morgan fingerprint density at radius 3 is 2.64 bits per heavy atom. The van der Waals surface area contributed by atoms with Crippen LogP contribution in [0.3, 0.4) is 0 Å². The number of aryl methyl sites for hydroxylation is 1. The van der Waals surface area contributed by atoms with Crippen molar-refractivity contribution in [2.24, 2.45) is 0 Å². The van der Waals surface area contributed by atoms with Crippen molar-refractivity contribution in [3.05, 3.63) is 23.4 Å². The minimum Gasteiger partial charge on any atom is -0.339 e. The monoisotopic (exact) mass is 346 g/mol. The van der Waals surface area contributed by atoms with E-state index >= 15 is 0 Å². The molecule has 2 aromatic heterocycles. The molecule has 136 valence electrons. The van der Waals surface area contributed by atoms with Gasteiger partial charge in [-0.15, -0.1) is 0 Å². The molecule has 0 unspecified atom stereocenters. The van der Waals surface area contributed by atoms with Crippen LogP contribution in [0.15, 0.2) is 9.05 Å². The second-order valence-corrected chi connectivity index (χ2v) is 7.07. The van der Waals surface area contributed by atoms with Crippen LogP contribution < -0.4 is 0 Å². The largest absolute Gasteiger partial charge is 0.339 e. The van der Waals surface area contributed by atoms with E-state index in [2.05, 4.69) is 37.0 Å². The molecule has 1 saturated heterocycles. The quantitative estimate of drug-likeness (QED) is 0.787. The molecule has 8 heteroatoms. The van der Waals surface area contributed by atoms with E-state index in [-0.39, 0.29) is 6.04 Å². The highest BCUT2D eigenvalue weighted by atomic mass is 16.5. The van der Waals surface area contributed by atoms with E-state index in [1.165, 1.54) is 12.8 Å². The highest BCUT2D eigenvalue weighted by molar-refractivity contribution is 5.01. The first kappa shape index (κ1) is 16.7. The van der Waals surface area contributed by atoms with Crippen LogP contribution in [0.5, 0.6) is 0 Å². The van der Waals surface area contributed by atoms with Crippen LogP contribution in [0.25, 0.3) is 0 Å². The normalized spacial score (nSPS) is 21.4. The molecule has 4 rings (SSSR count). The van der Waals surface area contributed by atoms with Crippen molar-refractivity contribution in [2.75, 3.05) is 26.2 Å². The van der Waals surface area contributed by atoms with Crippen molar-refractivity contribution in [2.45, 2.75) is 58.0 Å². The van der Waals surface area contributed by atoms with E-state index in [1.807, 2.05) is 6.92 Å². The minimum absolute atomic E-state index is 0.152. The maximum atomic E-state index is 5.42. The second kappa shape index (κ2) is 7.21. The average Bonchev–Trinajstić information content (AvgIpc) is 3.26. The Morgan fingerprint density at radius 2 is 1.88 bits per heavy atom. The van der Waals surface area contributed by atoms with Gasteiger partial charge in [-0.3, -0.25) is 9.80 Å². The maximum Gasteiger partial charge on any atom is 0.243 e. The summed E-state index contributed by atoms with van der Waals surface area (Å²) in [5, 5.41) is 8.16. The number of nitrogens with zero attached hydrogens (tertiary/aromatic N) is 6. The van der Waals surface area contributed by atoms with Crippen LogP contribution in [-0.2, 0) is 13.0 Å². The van der Waals surface area contributed by atoms with Crippen LogP contribution in [0.4, 0.5) is 0 Å². The van der Waals surface area contributed by atoms with Gasteiger partial charge >= 0.3 is 0 Å². The first-order chi connectivity index (χ1) is 12.2. The number of rotatable bonds is 6. The van der Waals surface area contributed by atoms with Gasteiger partial charge in [0.15, 0.2) is 11.6 Å². The fourth-order valence-corrected chi connectivity index (χ4v) is 3.30. The average molecular weight is 346 g/mol. The summed E-state index contributed by atoms with van der Waals surface area (Å²) >= 11 is 0. The van der Waals surface area contributed by atoms with Crippen LogP contribution in [-0.4, -0.2) is 56.3 Å². The molecule has 2 fully saturated rings. The molecule has 8 nitrogen and oxygen atoms in total. The molecule has 25 heavy (non-hydrogen) atoms. The maximum absolute atomic E-state index is 5.42. The lowest BCUT2D eigenvalue weighted by molar-refractivity contribution is 0.174. The lowest BCUT2D eigenvalue weighted by Gasteiger charge is -2.24. The van der Waals surface area contributed by atoms with Gasteiger partial charge in [0.25, 0.3) is 0 Å². The van der Waals surface area contributed by atoms with Gasteiger partial charge in [0.1, 0.15) is 0 Å². The van der Waals surface area contributed by atoms with Gasteiger partial charge < -0.3 is 9.05 Å². The van der Waals surface area contributed by atoms with Gasteiger partial charge in [-0.25, -0.2) is 0 Å². The SMILES string of the molecule is CCc1noc([C@@H](C)N2CCCN(Cc3noc(C4CC4)n3)CC2)n1. The smallest absolute Gasteiger partial charge is 0.243 e. The van der Waals surface area contributed by atoms with Crippen molar-refractivity contribution in [1.29, 1.82) is 0 Å². The molecule has 2 aromatic rings. The predicted octanol–water partition coefficient (Wildman–Crippen LogP) is 2.16. The van der Waals surface area contributed by atoms with Gasteiger partial charge in [-0.05, 0) is 32.7 Å². The highest BCUT2D eigenvalue weighted by Gasteiger charge is 2.30. The van der Waals surface area contributed by atoms with E-state index in [9.17, 15) is 0 Å². The zero-order valence-electron chi connectivity index (χ0n) is 15.0. The first-order valence-corrected chi connectivity index (χ1v) is 9.34. The van der Waals surface area contributed by atoms with E-state index in [1.54, 1.807) is 0 Å². The zero-order chi connectivity index (χ0) is 17.2. The van der Waals surface area contributed by atoms with Gasteiger partial charge in [0, 0.05) is 32.0 Å². The molecule has 1 atom stereocenters. The number of aromatic nitrogens is 4. The Morgan fingerprint density at radius 1 is 1.04 bits per heavy atom. The molecule has 0 spiro atoms. The van der Waals surface area contributed by atoms with Crippen molar-refractivity contribution >= 4 is 0 Å². The Balaban J connectivity index is 1.32. The molecule has 1 aliphatic carbocycles. The fourth-order valence-electron chi connectivity index (χ4n) is 3.30. The van der Waals surface area contributed by atoms with Gasteiger partial charge in [0.2, 0.25) is 11.8 Å². The summed E-state index contributed by atoms with van der Waals surface area (Å²) in [6, 6.07) is 0.152. The molecular weight excluding hydrogens is 320 g/mol. The summed E-state index contributed by atoms with van der Waals surface area (Å²) in [5.74, 6) is 3.65. The molecular formula is C17H26N6O2. The topological polar surface area (TPSA) is 84.3 Å². The van der Waals surface area contributed by atoms with E-state index in [0.717, 1.165) is 69.0 Å². The Labute approximate surface area is 147 Å². The Hall–Kier alpha value is -1.80. The predicted molar refractivity (Wildman–Crippen MR) is 89.8 cm³/mol. The summed E-state index contributed by atoms with van der Waals surface area (Å²) in [7, 11) is 0. The van der Waals surface area contributed by atoms with Crippen molar-refractivity contribution in [1.82, 2.24) is 30.1 Å². The fraction of sp³-hybridized carbons (Fsp3) is 0.765. The number of hydrogen-bond acceptors (Lipinski definition) is 8. The Kier molecular flexibility index (Phi) is 4.80. The lowest BCUT2D eigenvalue weighted by atomic mass is 10.2. The van der Waals surface area contributed by atoms with E-state index < -0.39 is 0 Å². The molecule has 0 radical (unpaired) electrons. The lowest BCUT2D eigenvalue weighted by Crippen LogP contribution is -2.32. The standard InChI is InChI=1S/C17H26N6O2/c1-3-14-18-16(24-20-14)12(2)23-8-4-7-22(9-10-23)11-15-19-17(25-21-15)13-5-6-13/h12-13H,3-11H2,1-2H3/t12-/m1/s1. The van der Waals surface area contributed by atoms with Crippen molar-refractivity contribution in [3.63, 3.8) is 0 Å².